The number of allylic oxidation sites excluding steroid dienone is 1. The first-order valence-electron chi connectivity index (χ1n) is 12.0. The Bertz CT molecular complexity index is 1430. The lowest BCUT2D eigenvalue weighted by Crippen LogP contribution is -2.31. The van der Waals surface area contributed by atoms with Gasteiger partial charge in [0, 0.05) is 53.2 Å². The van der Waals surface area contributed by atoms with Gasteiger partial charge in [-0.1, -0.05) is 36.7 Å². The molecule has 1 heterocycles. The average molecular weight is 488 g/mol. The average Bonchev–Trinajstić information content (AvgIpc) is 3.60. The van der Waals surface area contributed by atoms with E-state index in [4.69, 9.17) is 4.74 Å². The van der Waals surface area contributed by atoms with Crippen LogP contribution in [0.5, 0.6) is 5.75 Å². The number of hydrogen-bond donors (Lipinski definition) is 2. The number of aromatic nitrogens is 1. The largest absolute Gasteiger partial charge is 0.493 e. The highest BCUT2D eigenvalue weighted by atomic mass is 16.5. The molecule has 0 bridgehead atoms. The number of nitrogens with one attached hydrogen (secondary N) is 1. The molecule has 186 valence electrons. The molecule has 2 atom stereocenters. The Hall–Kier alpha value is -3.78. The Morgan fingerprint density at radius 3 is 2.64 bits per heavy atom. The SMILES string of the molecule is CN(C)C(=O)c1ccc2c3c([nH]c2c1)C(C)(C)c1cc(OCC(C2=CC2)C(O)CN=O)ccc1C3=O. The summed E-state index contributed by atoms with van der Waals surface area (Å²) in [6, 6.07) is 10.8. The molecule has 5 rings (SSSR count). The zero-order valence-corrected chi connectivity index (χ0v) is 20.8. The fourth-order valence-electron chi connectivity index (χ4n) is 5.11. The molecule has 1 aromatic heterocycles. The number of ketones is 1. The number of fused-ring (bicyclic) bond motifs is 4. The Morgan fingerprint density at radius 1 is 1.22 bits per heavy atom. The van der Waals surface area contributed by atoms with Gasteiger partial charge in [0.15, 0.2) is 5.78 Å². The van der Waals surface area contributed by atoms with E-state index in [2.05, 4.69) is 24.0 Å². The molecule has 0 saturated heterocycles. The van der Waals surface area contributed by atoms with Crippen molar-refractivity contribution in [1.29, 1.82) is 0 Å². The molecule has 1 amide bonds. The topological polar surface area (TPSA) is 112 Å². The molecule has 2 unspecified atom stereocenters. The number of rotatable bonds is 8. The molecular weight excluding hydrogens is 458 g/mol. The van der Waals surface area contributed by atoms with Gasteiger partial charge in [-0.25, -0.2) is 0 Å². The second-order valence-corrected chi connectivity index (χ2v) is 10.3. The molecule has 0 aliphatic heterocycles. The molecule has 8 heteroatoms. The van der Waals surface area contributed by atoms with Gasteiger partial charge in [-0.05, 0) is 42.3 Å². The fraction of sp³-hybridized carbons (Fsp3) is 0.357. The smallest absolute Gasteiger partial charge is 0.253 e. The Morgan fingerprint density at radius 2 is 1.97 bits per heavy atom. The molecule has 8 nitrogen and oxygen atoms in total. The van der Waals surface area contributed by atoms with Crippen LogP contribution in [0.4, 0.5) is 0 Å². The summed E-state index contributed by atoms with van der Waals surface area (Å²) in [6.45, 7) is 4.15. The van der Waals surface area contributed by atoms with E-state index in [1.807, 2.05) is 18.2 Å². The van der Waals surface area contributed by atoms with E-state index in [0.717, 1.165) is 34.2 Å². The third-order valence-corrected chi connectivity index (χ3v) is 7.28. The van der Waals surface area contributed by atoms with Crippen molar-refractivity contribution in [3.63, 3.8) is 0 Å². The fourth-order valence-corrected chi connectivity index (χ4v) is 5.11. The first-order chi connectivity index (χ1) is 17.1. The van der Waals surface area contributed by atoms with Crippen molar-refractivity contribution in [3.05, 3.63) is 80.9 Å². The highest BCUT2D eigenvalue weighted by molar-refractivity contribution is 6.20. The Labute approximate surface area is 208 Å². The molecule has 36 heavy (non-hydrogen) atoms. The second-order valence-electron chi connectivity index (χ2n) is 10.3. The number of carbonyl (C=O) groups is 2. The zero-order valence-electron chi connectivity index (χ0n) is 20.8. The maximum Gasteiger partial charge on any atom is 0.253 e. The Balaban J connectivity index is 1.48. The molecule has 3 aromatic rings. The summed E-state index contributed by atoms with van der Waals surface area (Å²) >= 11 is 0. The summed E-state index contributed by atoms with van der Waals surface area (Å²) in [5, 5.41) is 13.9. The van der Waals surface area contributed by atoms with Crippen LogP contribution >= 0.6 is 0 Å². The number of aliphatic hydroxyl groups is 1. The molecule has 0 saturated carbocycles. The van der Waals surface area contributed by atoms with E-state index in [-0.39, 0.29) is 30.8 Å². The lowest BCUT2D eigenvalue weighted by atomic mass is 9.71. The number of aromatic amines is 1. The van der Waals surface area contributed by atoms with Crippen LogP contribution in [0.1, 0.15) is 57.8 Å². The number of H-pyrrole nitrogens is 1. The van der Waals surface area contributed by atoms with Gasteiger partial charge in [0.1, 0.15) is 12.3 Å². The molecule has 2 aliphatic rings. The van der Waals surface area contributed by atoms with Crippen molar-refractivity contribution in [1.82, 2.24) is 9.88 Å². The molecular formula is C28H29N3O5. The summed E-state index contributed by atoms with van der Waals surface area (Å²) in [7, 11) is 3.41. The lowest BCUT2D eigenvalue weighted by Gasteiger charge is -2.32. The van der Waals surface area contributed by atoms with E-state index < -0.39 is 11.5 Å². The van der Waals surface area contributed by atoms with Crippen LogP contribution < -0.4 is 4.74 Å². The van der Waals surface area contributed by atoms with Gasteiger partial charge in [-0.15, -0.1) is 0 Å². The zero-order chi connectivity index (χ0) is 25.8. The van der Waals surface area contributed by atoms with Gasteiger partial charge >= 0.3 is 0 Å². The number of carbonyl (C=O) groups excluding carboxylic acids is 2. The second kappa shape index (κ2) is 8.71. The summed E-state index contributed by atoms with van der Waals surface area (Å²) in [6.07, 6.45) is 1.93. The van der Waals surface area contributed by atoms with Crippen LogP contribution in [0, 0.1) is 10.8 Å². The van der Waals surface area contributed by atoms with E-state index in [9.17, 15) is 19.6 Å². The quantitative estimate of drug-likeness (QED) is 0.365. The number of nitroso groups, excluding NO2 is 1. The standard InChI is InChI=1S/C28H29N3O5/c1-28(2)21-12-17(36-14-20(15-5-6-15)23(32)13-29-35)8-10-18(21)25(33)24-19-9-7-16(27(34)31(3)4)11-22(19)30-26(24)28/h5,7-12,20,23,30,32H,6,13-14H2,1-4H3. The number of ether oxygens (including phenoxy) is 1. The van der Waals surface area contributed by atoms with Crippen LogP contribution in [0.25, 0.3) is 10.9 Å². The van der Waals surface area contributed by atoms with Gasteiger partial charge < -0.3 is 19.7 Å². The van der Waals surface area contributed by atoms with E-state index in [0.29, 0.717) is 22.4 Å². The molecule has 2 aliphatic carbocycles. The van der Waals surface area contributed by atoms with Gasteiger partial charge in [-0.3, -0.25) is 9.59 Å². The summed E-state index contributed by atoms with van der Waals surface area (Å²) in [5.74, 6) is 0.130. The van der Waals surface area contributed by atoms with Crippen LogP contribution in [0.15, 0.2) is 53.2 Å². The number of amides is 1. The monoisotopic (exact) mass is 487 g/mol. The minimum absolute atomic E-state index is 0.0719. The van der Waals surface area contributed by atoms with Crippen LogP contribution in [0.3, 0.4) is 0 Å². The predicted molar refractivity (Wildman–Crippen MR) is 137 cm³/mol. The first kappa shape index (κ1) is 23.9. The molecule has 2 aromatic carbocycles. The predicted octanol–water partition coefficient (Wildman–Crippen LogP) is 4.19. The van der Waals surface area contributed by atoms with Gasteiger partial charge in [0.25, 0.3) is 5.91 Å². The number of benzene rings is 2. The van der Waals surface area contributed by atoms with Crippen LogP contribution in [-0.2, 0) is 5.41 Å². The molecule has 2 N–H and O–H groups in total. The van der Waals surface area contributed by atoms with Gasteiger partial charge in [0.2, 0.25) is 0 Å². The third-order valence-electron chi connectivity index (χ3n) is 7.28. The summed E-state index contributed by atoms with van der Waals surface area (Å²) in [5.41, 5.74) is 4.72. The highest BCUT2D eigenvalue weighted by Crippen LogP contribution is 2.45. The van der Waals surface area contributed by atoms with Crippen molar-refractivity contribution < 1.29 is 19.4 Å². The van der Waals surface area contributed by atoms with Crippen molar-refractivity contribution >= 4 is 22.6 Å². The maximum atomic E-state index is 13.6. The normalized spacial score (nSPS) is 17.0. The molecule has 0 fully saturated rings. The van der Waals surface area contributed by atoms with Crippen molar-refractivity contribution in [2.45, 2.75) is 31.8 Å². The minimum atomic E-state index is -0.884. The van der Waals surface area contributed by atoms with E-state index >= 15 is 0 Å². The van der Waals surface area contributed by atoms with Crippen molar-refractivity contribution in [3.8, 4) is 5.75 Å². The van der Waals surface area contributed by atoms with Crippen molar-refractivity contribution in [2.24, 2.45) is 11.1 Å². The van der Waals surface area contributed by atoms with E-state index in [1.165, 1.54) is 4.90 Å². The number of aliphatic hydroxyl groups excluding tert-OH is 1. The van der Waals surface area contributed by atoms with Crippen molar-refractivity contribution in [2.75, 3.05) is 27.2 Å². The highest BCUT2D eigenvalue weighted by Gasteiger charge is 2.40. The number of nitrogens with zero attached hydrogens (tertiary/aromatic N) is 2. The molecule has 0 radical (unpaired) electrons. The summed E-state index contributed by atoms with van der Waals surface area (Å²) < 4.78 is 6.03. The van der Waals surface area contributed by atoms with Crippen LogP contribution in [0.2, 0.25) is 0 Å². The lowest BCUT2D eigenvalue weighted by molar-refractivity contribution is 0.0827. The maximum absolute atomic E-state index is 13.6. The van der Waals surface area contributed by atoms with E-state index in [1.54, 1.807) is 38.4 Å². The first-order valence-corrected chi connectivity index (χ1v) is 12.0. The molecule has 0 spiro atoms. The Kier molecular flexibility index (Phi) is 5.79. The van der Waals surface area contributed by atoms with Gasteiger partial charge in [-0.2, -0.15) is 4.91 Å². The van der Waals surface area contributed by atoms with Gasteiger partial charge in [0.05, 0.1) is 18.3 Å². The minimum Gasteiger partial charge on any atom is -0.493 e. The van der Waals surface area contributed by atoms with Crippen LogP contribution in [-0.4, -0.2) is 60.0 Å². The summed E-state index contributed by atoms with van der Waals surface area (Å²) in [4.78, 5) is 41.6. The third kappa shape index (κ3) is 3.91. The number of hydrogen-bond acceptors (Lipinski definition) is 6.